The Balaban J connectivity index is 2.31. The molecular weight excluding hydrogens is 362 g/mol. The smallest absolute Gasteiger partial charge is 0.311 e. The van der Waals surface area contributed by atoms with Crippen LogP contribution in [-0.4, -0.2) is 61.0 Å². The molecule has 0 fully saturated rings. The Kier molecular flexibility index (Phi) is 4.79. The van der Waals surface area contributed by atoms with Crippen molar-refractivity contribution in [3.63, 3.8) is 0 Å². The van der Waals surface area contributed by atoms with Crippen LogP contribution in [0.2, 0.25) is 0 Å². The number of nitrogens with zero attached hydrogens (tertiary/aromatic N) is 2. The van der Waals surface area contributed by atoms with E-state index in [9.17, 15) is 19.7 Å². The van der Waals surface area contributed by atoms with Gasteiger partial charge >= 0.3 is 5.97 Å². The van der Waals surface area contributed by atoms with Crippen molar-refractivity contribution >= 4 is 17.4 Å². The Morgan fingerprint density at radius 2 is 1.93 bits per heavy atom. The van der Waals surface area contributed by atoms with E-state index in [1.807, 2.05) is 27.9 Å². The van der Waals surface area contributed by atoms with Gasteiger partial charge in [0.25, 0.3) is 5.69 Å². The first-order chi connectivity index (χ1) is 13.0. The summed E-state index contributed by atoms with van der Waals surface area (Å²) in [4.78, 5) is 37.1. The van der Waals surface area contributed by atoms with Crippen molar-refractivity contribution < 1.29 is 23.7 Å². The van der Waals surface area contributed by atoms with Crippen molar-refractivity contribution in [2.75, 3.05) is 34.3 Å². The van der Waals surface area contributed by atoms with Crippen molar-refractivity contribution in [1.82, 2.24) is 5.32 Å². The van der Waals surface area contributed by atoms with Crippen LogP contribution in [0.4, 0.5) is 5.69 Å². The Hall–Kier alpha value is -2.74. The molecule has 2 aliphatic heterocycles. The number of nitro benzene ring substituents is 1. The number of methoxy groups -OCH3 is 1. The monoisotopic (exact) mass is 388 g/mol. The summed E-state index contributed by atoms with van der Waals surface area (Å²) in [5.74, 6) is -2.13. The van der Waals surface area contributed by atoms with Crippen LogP contribution in [0.5, 0.6) is 0 Å². The van der Waals surface area contributed by atoms with Crippen LogP contribution in [0, 0.1) is 16.0 Å². The Morgan fingerprint density at radius 3 is 2.54 bits per heavy atom. The van der Waals surface area contributed by atoms with Crippen molar-refractivity contribution in [2.45, 2.75) is 25.3 Å². The van der Waals surface area contributed by atoms with E-state index in [-0.39, 0.29) is 18.0 Å². The van der Waals surface area contributed by atoms with Gasteiger partial charge in [-0.15, -0.1) is 0 Å². The van der Waals surface area contributed by atoms with Gasteiger partial charge in [0, 0.05) is 28.7 Å². The lowest BCUT2D eigenvalue weighted by molar-refractivity contribution is -0.878. The summed E-state index contributed by atoms with van der Waals surface area (Å²) in [6, 6.07) is 6.32. The molecule has 2 heterocycles. The number of carbonyl (C=O) groups excluding carboxylic acids is 2. The molecule has 0 saturated carbocycles. The number of nitrogens with one attached hydrogen (secondary N) is 1. The maximum Gasteiger partial charge on any atom is 0.311 e. The molecule has 2 unspecified atom stereocenters. The lowest BCUT2D eigenvalue weighted by Gasteiger charge is -2.48. The lowest BCUT2D eigenvalue weighted by atomic mass is 9.66. The predicted octanol–water partition coefficient (Wildman–Crippen LogP) is 1.76. The van der Waals surface area contributed by atoms with E-state index in [1.165, 1.54) is 13.2 Å². The highest BCUT2D eigenvalue weighted by Gasteiger charge is 2.54. The number of rotatable bonds is 3. The Labute approximate surface area is 163 Å². The molecule has 3 rings (SSSR count). The summed E-state index contributed by atoms with van der Waals surface area (Å²) < 4.78 is 5.53. The number of benzene rings is 1. The number of hydrogen-bond acceptors (Lipinski definition) is 6. The largest absolute Gasteiger partial charge is 0.469 e. The molecule has 0 aliphatic carbocycles. The molecule has 0 aromatic heterocycles. The summed E-state index contributed by atoms with van der Waals surface area (Å²) in [5, 5.41) is 15.1. The minimum atomic E-state index is -0.782. The minimum Gasteiger partial charge on any atom is -0.469 e. The summed E-state index contributed by atoms with van der Waals surface area (Å²) in [7, 11) is 5.22. The molecule has 0 bridgehead atoms. The van der Waals surface area contributed by atoms with E-state index < -0.39 is 28.3 Å². The highest BCUT2D eigenvalue weighted by atomic mass is 16.6. The average Bonchev–Trinajstić information content (AvgIpc) is 2.57. The van der Waals surface area contributed by atoms with Gasteiger partial charge < -0.3 is 14.5 Å². The average molecular weight is 388 g/mol. The number of quaternary nitrogens is 1. The first-order valence-corrected chi connectivity index (χ1v) is 9.16. The number of carbonyl (C=O) groups is 2. The molecule has 2 aliphatic rings. The first kappa shape index (κ1) is 20.0. The number of ketones is 1. The highest BCUT2D eigenvalue weighted by Crippen LogP contribution is 2.47. The van der Waals surface area contributed by atoms with Crippen LogP contribution < -0.4 is 5.32 Å². The van der Waals surface area contributed by atoms with E-state index in [0.717, 1.165) is 5.70 Å². The zero-order valence-electron chi connectivity index (χ0n) is 16.8. The molecule has 1 aromatic carbocycles. The van der Waals surface area contributed by atoms with Gasteiger partial charge in [0.05, 0.1) is 37.7 Å². The Bertz CT molecular complexity index is 888. The Morgan fingerprint density at radius 1 is 1.29 bits per heavy atom. The summed E-state index contributed by atoms with van der Waals surface area (Å²) in [6.07, 6.45) is 0. The van der Waals surface area contributed by atoms with E-state index >= 15 is 0 Å². The van der Waals surface area contributed by atoms with Crippen LogP contribution in [0.25, 0.3) is 0 Å². The molecule has 8 heteroatoms. The molecule has 0 spiro atoms. The van der Waals surface area contributed by atoms with Crippen molar-refractivity contribution in [2.24, 2.45) is 5.92 Å². The van der Waals surface area contributed by atoms with Gasteiger partial charge in [-0.2, -0.15) is 0 Å². The third-order valence-electron chi connectivity index (χ3n) is 5.60. The lowest BCUT2D eigenvalue weighted by Crippen LogP contribution is -2.62. The van der Waals surface area contributed by atoms with Crippen LogP contribution in [0.1, 0.15) is 25.3 Å². The van der Waals surface area contributed by atoms with Crippen molar-refractivity contribution in [1.29, 1.82) is 0 Å². The molecule has 150 valence electrons. The van der Waals surface area contributed by atoms with Crippen LogP contribution in [0.15, 0.2) is 35.5 Å². The molecule has 0 saturated heterocycles. The highest BCUT2D eigenvalue weighted by molar-refractivity contribution is 6.01. The number of Topliss-reactive ketones (excluding diaryl/α,β-unsaturated/α-hetero) is 1. The van der Waals surface area contributed by atoms with Gasteiger partial charge in [-0.25, -0.2) is 0 Å². The predicted molar refractivity (Wildman–Crippen MR) is 102 cm³/mol. The number of esters is 1. The topological polar surface area (TPSA) is 98.5 Å². The summed E-state index contributed by atoms with van der Waals surface area (Å²) in [6.45, 7) is 4.57. The van der Waals surface area contributed by atoms with Gasteiger partial charge in [-0.05, 0) is 13.8 Å². The third kappa shape index (κ3) is 3.28. The zero-order valence-corrected chi connectivity index (χ0v) is 16.8. The SMILES string of the molecule is COC(=O)C1C(c2ccccc2[N+](=O)[O-])C2=C(C[N+](C)(C)CC2=O)NC1(C)C. The van der Waals surface area contributed by atoms with E-state index in [4.69, 9.17) is 4.74 Å². The van der Waals surface area contributed by atoms with Crippen molar-refractivity contribution in [3.8, 4) is 0 Å². The number of likely N-dealkylation sites (N-methyl/N-ethyl adjacent to an activating group) is 1. The van der Waals surface area contributed by atoms with Gasteiger partial charge in [0.15, 0.2) is 0 Å². The molecule has 28 heavy (non-hydrogen) atoms. The standard InChI is InChI=1S/C20H25N3O5/c1-20(2)18(19(25)28-5)16(12-8-6-7-9-14(12)22(26)27)17-13(21-20)10-23(3,4)11-15(17)24/h6-9,16,18H,10-11H2,1-5H3/p+1. The second kappa shape index (κ2) is 6.70. The van der Waals surface area contributed by atoms with Gasteiger partial charge in [-0.1, -0.05) is 18.2 Å². The van der Waals surface area contributed by atoms with Gasteiger partial charge in [-0.3, -0.25) is 19.7 Å². The van der Waals surface area contributed by atoms with E-state index in [0.29, 0.717) is 22.2 Å². The molecule has 1 aromatic rings. The van der Waals surface area contributed by atoms with E-state index in [1.54, 1.807) is 18.2 Å². The maximum absolute atomic E-state index is 13.1. The molecule has 8 nitrogen and oxygen atoms in total. The molecule has 2 atom stereocenters. The summed E-state index contributed by atoms with van der Waals surface area (Å²) >= 11 is 0. The number of para-hydroxylation sites is 1. The normalized spacial score (nSPS) is 25.5. The first-order valence-electron chi connectivity index (χ1n) is 9.16. The van der Waals surface area contributed by atoms with Crippen molar-refractivity contribution in [3.05, 3.63) is 51.2 Å². The fraction of sp³-hybridized carbons (Fsp3) is 0.500. The van der Waals surface area contributed by atoms with Gasteiger partial charge in [0.1, 0.15) is 13.1 Å². The van der Waals surface area contributed by atoms with Crippen LogP contribution in [-0.2, 0) is 14.3 Å². The van der Waals surface area contributed by atoms with Crippen LogP contribution in [0.3, 0.4) is 0 Å². The van der Waals surface area contributed by atoms with E-state index in [2.05, 4.69) is 5.32 Å². The number of nitro groups is 1. The molecule has 1 N–H and O–H groups in total. The zero-order chi connectivity index (χ0) is 20.9. The number of ether oxygens (including phenoxy) is 1. The second-order valence-electron chi connectivity index (χ2n) is 8.71. The third-order valence-corrected chi connectivity index (χ3v) is 5.60. The summed E-state index contributed by atoms with van der Waals surface area (Å²) in [5.41, 5.74) is 0.720. The van der Waals surface area contributed by atoms with Crippen LogP contribution >= 0.6 is 0 Å². The minimum absolute atomic E-state index is 0.0990. The molecule has 0 amide bonds. The molecule has 0 radical (unpaired) electrons. The number of hydrogen-bond donors (Lipinski definition) is 1. The fourth-order valence-corrected chi connectivity index (χ4v) is 4.54. The van der Waals surface area contributed by atoms with Gasteiger partial charge in [0.2, 0.25) is 5.78 Å². The quantitative estimate of drug-likeness (QED) is 0.367. The second-order valence-corrected chi connectivity index (χ2v) is 8.71. The fourth-order valence-electron chi connectivity index (χ4n) is 4.54. The maximum atomic E-state index is 13.1. The molecular formula is C20H26N3O5+.